The molecule has 3 fully saturated rings. The molecule has 3 saturated carbocycles. The van der Waals surface area contributed by atoms with Crippen molar-refractivity contribution in [3.05, 3.63) is 30.0 Å². The predicted molar refractivity (Wildman–Crippen MR) is 125 cm³/mol. The van der Waals surface area contributed by atoms with Gasteiger partial charge in [0, 0.05) is 25.1 Å². The SMILES string of the molecule is CN1CCOc2c1c(CC13CC1C31CCC(N)CC1)nn1c(-c3cccc(OC(F)(F)F)c3)nnc21. The third-order valence-electron chi connectivity index (χ3n) is 8.99. The van der Waals surface area contributed by atoms with Crippen LogP contribution >= 0.6 is 0 Å². The normalized spacial score (nSPS) is 30.6. The van der Waals surface area contributed by atoms with Crippen LogP contribution in [0, 0.1) is 16.7 Å². The Labute approximate surface area is 205 Å². The number of fused-ring (bicyclic) bond motifs is 6. The van der Waals surface area contributed by atoms with E-state index in [0.717, 1.165) is 43.1 Å². The van der Waals surface area contributed by atoms with Crippen LogP contribution in [0.2, 0.25) is 0 Å². The minimum absolute atomic E-state index is 0.272. The fourth-order valence-electron chi connectivity index (χ4n) is 7.06. The molecule has 190 valence electrons. The fourth-order valence-corrected chi connectivity index (χ4v) is 7.06. The van der Waals surface area contributed by atoms with Crippen LogP contribution in [0.1, 0.15) is 37.8 Å². The summed E-state index contributed by atoms with van der Waals surface area (Å²) in [6, 6.07) is 6.04. The van der Waals surface area contributed by atoms with E-state index in [0.29, 0.717) is 40.8 Å². The number of hydrogen-bond donors (Lipinski definition) is 1. The molecule has 2 aromatic heterocycles. The highest BCUT2D eigenvalue weighted by atomic mass is 19.4. The molecule has 1 spiro atoms. The molecule has 0 bridgehead atoms. The van der Waals surface area contributed by atoms with Gasteiger partial charge in [0.15, 0.2) is 11.6 Å². The Balaban J connectivity index is 1.30. The van der Waals surface area contributed by atoms with Gasteiger partial charge < -0.3 is 20.1 Å². The predicted octanol–water partition coefficient (Wildman–Crippen LogP) is 3.97. The number of halogens is 3. The van der Waals surface area contributed by atoms with Crippen LogP contribution in [0.5, 0.6) is 11.5 Å². The zero-order valence-corrected chi connectivity index (χ0v) is 19.9. The highest BCUT2D eigenvalue weighted by molar-refractivity contribution is 5.76. The van der Waals surface area contributed by atoms with Crippen LogP contribution in [-0.4, -0.2) is 52.4 Å². The van der Waals surface area contributed by atoms with Gasteiger partial charge in [0.2, 0.25) is 5.65 Å². The van der Waals surface area contributed by atoms with Crippen LogP contribution in [0.3, 0.4) is 0 Å². The van der Waals surface area contributed by atoms with Gasteiger partial charge in [0.05, 0.1) is 12.2 Å². The lowest BCUT2D eigenvalue weighted by atomic mass is 9.72. The number of benzene rings is 1. The van der Waals surface area contributed by atoms with Crippen molar-refractivity contribution >= 4 is 11.3 Å². The minimum Gasteiger partial charge on any atom is -0.486 e. The van der Waals surface area contributed by atoms with Crippen molar-refractivity contribution in [3.8, 4) is 22.9 Å². The molecular formula is C25H27F3N6O2. The van der Waals surface area contributed by atoms with Gasteiger partial charge in [0.1, 0.15) is 18.0 Å². The zero-order chi connectivity index (χ0) is 24.9. The average molecular weight is 501 g/mol. The van der Waals surface area contributed by atoms with Gasteiger partial charge in [-0.15, -0.1) is 23.4 Å². The quantitative estimate of drug-likeness (QED) is 0.580. The molecule has 1 aromatic carbocycles. The van der Waals surface area contributed by atoms with E-state index in [2.05, 4.69) is 19.8 Å². The maximum absolute atomic E-state index is 12.8. The number of hydrogen-bond acceptors (Lipinski definition) is 7. The second kappa shape index (κ2) is 7.24. The molecule has 8 nitrogen and oxygen atoms in total. The fraction of sp³-hybridized carbons (Fsp3) is 0.560. The first kappa shape index (κ1) is 22.1. The topological polar surface area (TPSA) is 90.8 Å². The van der Waals surface area contributed by atoms with Crippen LogP contribution in [0.15, 0.2) is 24.3 Å². The van der Waals surface area contributed by atoms with Crippen LogP contribution in [0.4, 0.5) is 18.9 Å². The molecule has 3 aliphatic carbocycles. The Morgan fingerprint density at radius 2 is 2.03 bits per heavy atom. The maximum Gasteiger partial charge on any atom is 0.573 e. The van der Waals surface area contributed by atoms with E-state index in [1.165, 1.54) is 37.5 Å². The Hall–Kier alpha value is -3.08. The van der Waals surface area contributed by atoms with Gasteiger partial charge in [0.25, 0.3) is 0 Å². The second-order valence-corrected chi connectivity index (χ2v) is 10.8. The average Bonchev–Trinajstić information content (AvgIpc) is 3.60. The summed E-state index contributed by atoms with van der Waals surface area (Å²) in [5, 5.41) is 13.6. The van der Waals surface area contributed by atoms with Crippen molar-refractivity contribution in [2.45, 2.75) is 50.9 Å². The molecule has 3 heterocycles. The highest BCUT2D eigenvalue weighted by Crippen LogP contribution is 2.92. The molecule has 0 amide bonds. The van der Waals surface area contributed by atoms with E-state index in [4.69, 9.17) is 15.6 Å². The number of alkyl halides is 3. The van der Waals surface area contributed by atoms with E-state index in [1.807, 2.05) is 7.05 Å². The summed E-state index contributed by atoms with van der Waals surface area (Å²) in [4.78, 5) is 2.16. The zero-order valence-electron chi connectivity index (χ0n) is 19.9. The molecule has 2 atom stereocenters. The summed E-state index contributed by atoms with van der Waals surface area (Å²) in [6.45, 7) is 1.25. The van der Waals surface area contributed by atoms with E-state index >= 15 is 0 Å². The van der Waals surface area contributed by atoms with Crippen LogP contribution < -0.4 is 20.1 Å². The third-order valence-corrected chi connectivity index (χ3v) is 8.99. The smallest absolute Gasteiger partial charge is 0.486 e. The molecule has 2 unspecified atom stereocenters. The van der Waals surface area contributed by atoms with Crippen molar-refractivity contribution in [2.24, 2.45) is 22.5 Å². The maximum atomic E-state index is 12.8. The van der Waals surface area contributed by atoms with Crippen LogP contribution in [0.25, 0.3) is 17.0 Å². The van der Waals surface area contributed by atoms with Gasteiger partial charge in [-0.05, 0) is 61.0 Å². The summed E-state index contributed by atoms with van der Waals surface area (Å²) in [6.07, 6.45) is 1.80. The number of nitrogens with two attached hydrogens (primary N) is 1. The Bertz CT molecular complexity index is 1370. The first-order valence-electron chi connectivity index (χ1n) is 12.4. The summed E-state index contributed by atoms with van der Waals surface area (Å²) >= 11 is 0. The number of rotatable bonds is 4. The van der Waals surface area contributed by atoms with Crippen LogP contribution in [-0.2, 0) is 6.42 Å². The number of nitrogens with zero attached hydrogens (tertiary/aromatic N) is 5. The molecule has 36 heavy (non-hydrogen) atoms. The standard InChI is InChI=1S/C25H27F3N6O2/c1-33-9-10-35-20-19(33)17(12-24-13-18(24)23(24)7-5-15(29)6-8-23)32-34-21(30-31-22(20)34)14-3-2-4-16(11-14)36-25(26,27)28/h2-4,11,15,18H,5-10,12-13,29H2,1H3. The van der Waals surface area contributed by atoms with E-state index in [9.17, 15) is 13.2 Å². The molecule has 4 aliphatic rings. The van der Waals surface area contributed by atoms with Gasteiger partial charge >= 0.3 is 6.36 Å². The summed E-state index contributed by atoms with van der Waals surface area (Å²) in [5.74, 6) is 1.39. The number of anilines is 1. The second-order valence-electron chi connectivity index (χ2n) is 10.8. The van der Waals surface area contributed by atoms with E-state index in [-0.39, 0.29) is 11.2 Å². The Morgan fingerprint density at radius 1 is 1.22 bits per heavy atom. The Morgan fingerprint density at radius 3 is 2.78 bits per heavy atom. The van der Waals surface area contributed by atoms with Gasteiger partial charge in [-0.1, -0.05) is 12.1 Å². The van der Waals surface area contributed by atoms with Gasteiger partial charge in [-0.2, -0.15) is 9.61 Å². The minimum atomic E-state index is -4.78. The number of aromatic nitrogens is 4. The molecular weight excluding hydrogens is 473 g/mol. The number of ether oxygens (including phenoxy) is 2. The molecule has 7 rings (SSSR count). The van der Waals surface area contributed by atoms with E-state index in [1.54, 1.807) is 10.6 Å². The van der Waals surface area contributed by atoms with E-state index < -0.39 is 6.36 Å². The first-order chi connectivity index (χ1) is 17.2. The molecule has 2 N–H and O–H groups in total. The van der Waals surface area contributed by atoms with Crippen molar-refractivity contribution in [1.82, 2.24) is 19.8 Å². The van der Waals surface area contributed by atoms with Crippen molar-refractivity contribution < 1.29 is 22.6 Å². The molecule has 11 heteroatoms. The summed E-state index contributed by atoms with van der Waals surface area (Å²) in [7, 11) is 2.03. The van der Waals surface area contributed by atoms with Gasteiger partial charge in [-0.3, -0.25) is 0 Å². The highest BCUT2D eigenvalue weighted by Gasteiger charge is 2.87. The lowest BCUT2D eigenvalue weighted by Crippen LogP contribution is -2.33. The monoisotopic (exact) mass is 500 g/mol. The van der Waals surface area contributed by atoms with Gasteiger partial charge in [-0.25, -0.2) is 0 Å². The molecule has 0 radical (unpaired) electrons. The third kappa shape index (κ3) is 3.14. The molecule has 1 aliphatic heterocycles. The summed E-state index contributed by atoms with van der Waals surface area (Å²) < 4.78 is 50.2. The molecule has 3 aromatic rings. The lowest BCUT2D eigenvalue weighted by molar-refractivity contribution is -0.274. The lowest BCUT2D eigenvalue weighted by Gasteiger charge is -2.35. The first-order valence-corrected chi connectivity index (χ1v) is 12.4. The largest absolute Gasteiger partial charge is 0.573 e. The summed E-state index contributed by atoms with van der Waals surface area (Å²) in [5.41, 5.74) is 9.61. The van der Waals surface area contributed by atoms with Crippen molar-refractivity contribution in [1.29, 1.82) is 0 Å². The number of likely N-dealkylation sites (N-methyl/N-ethyl adjacent to an activating group) is 1. The molecule has 0 saturated heterocycles. The Kier molecular flexibility index (Phi) is 4.45. The van der Waals surface area contributed by atoms with Crippen molar-refractivity contribution in [2.75, 3.05) is 25.1 Å². The van der Waals surface area contributed by atoms with Crippen molar-refractivity contribution in [3.63, 3.8) is 0 Å².